The van der Waals surface area contributed by atoms with Crippen molar-refractivity contribution in [1.82, 2.24) is 4.90 Å². The number of ether oxygens (including phenoxy) is 1. The molecule has 0 saturated carbocycles. The van der Waals surface area contributed by atoms with Crippen LogP contribution in [0.3, 0.4) is 0 Å². The molecule has 1 aliphatic rings. The van der Waals surface area contributed by atoms with Gasteiger partial charge in [-0.1, -0.05) is 0 Å². The van der Waals surface area contributed by atoms with Gasteiger partial charge in [-0.3, -0.25) is 0 Å². The monoisotopic (exact) mass is 199 g/mol. The SMILES string of the molecule is CC(C)(C)OC(=O)N1CCCC=C1O. The number of amides is 1. The quantitative estimate of drug-likeness (QED) is 0.651. The molecule has 4 heteroatoms. The van der Waals surface area contributed by atoms with E-state index in [4.69, 9.17) is 4.74 Å². The average molecular weight is 199 g/mol. The maximum Gasteiger partial charge on any atom is 0.417 e. The van der Waals surface area contributed by atoms with Gasteiger partial charge in [0.2, 0.25) is 0 Å². The zero-order valence-corrected chi connectivity index (χ0v) is 8.91. The Balaban J connectivity index is 2.60. The summed E-state index contributed by atoms with van der Waals surface area (Å²) < 4.78 is 5.13. The van der Waals surface area contributed by atoms with Crippen molar-refractivity contribution < 1.29 is 14.6 Å². The molecule has 0 aromatic carbocycles. The number of aliphatic hydroxyl groups is 1. The van der Waals surface area contributed by atoms with Gasteiger partial charge in [-0.15, -0.1) is 0 Å². The van der Waals surface area contributed by atoms with Gasteiger partial charge in [0.25, 0.3) is 0 Å². The van der Waals surface area contributed by atoms with Crippen molar-refractivity contribution in [2.75, 3.05) is 6.54 Å². The van der Waals surface area contributed by atoms with Gasteiger partial charge in [-0.2, -0.15) is 0 Å². The summed E-state index contributed by atoms with van der Waals surface area (Å²) in [5.41, 5.74) is -0.519. The third-order valence-electron chi connectivity index (χ3n) is 1.80. The lowest BCUT2D eigenvalue weighted by atomic mass is 10.2. The fourth-order valence-electron chi connectivity index (χ4n) is 1.21. The van der Waals surface area contributed by atoms with Crippen LogP contribution in [0.15, 0.2) is 12.0 Å². The first-order chi connectivity index (χ1) is 6.40. The van der Waals surface area contributed by atoms with Gasteiger partial charge in [-0.05, 0) is 39.7 Å². The van der Waals surface area contributed by atoms with E-state index in [1.54, 1.807) is 26.8 Å². The molecule has 0 unspecified atom stereocenters. The van der Waals surface area contributed by atoms with Crippen molar-refractivity contribution in [3.63, 3.8) is 0 Å². The van der Waals surface area contributed by atoms with Crippen LogP contribution in [0.4, 0.5) is 4.79 Å². The van der Waals surface area contributed by atoms with E-state index >= 15 is 0 Å². The molecule has 1 N–H and O–H groups in total. The van der Waals surface area contributed by atoms with Gasteiger partial charge in [-0.25, -0.2) is 9.69 Å². The van der Waals surface area contributed by atoms with Crippen LogP contribution in [-0.4, -0.2) is 28.2 Å². The fourth-order valence-corrected chi connectivity index (χ4v) is 1.21. The average Bonchev–Trinajstić information content (AvgIpc) is 2.01. The molecule has 14 heavy (non-hydrogen) atoms. The molecule has 0 saturated heterocycles. The second kappa shape index (κ2) is 3.90. The van der Waals surface area contributed by atoms with E-state index in [-0.39, 0.29) is 5.88 Å². The summed E-state index contributed by atoms with van der Waals surface area (Å²) in [6.07, 6.45) is 2.83. The Morgan fingerprint density at radius 3 is 2.71 bits per heavy atom. The van der Waals surface area contributed by atoms with Gasteiger partial charge in [0, 0.05) is 6.54 Å². The van der Waals surface area contributed by atoms with Crippen molar-refractivity contribution in [3.05, 3.63) is 12.0 Å². The highest BCUT2D eigenvalue weighted by Crippen LogP contribution is 2.16. The predicted molar refractivity (Wildman–Crippen MR) is 52.9 cm³/mol. The summed E-state index contributed by atoms with van der Waals surface area (Å²) in [5.74, 6) is 0.00509. The van der Waals surface area contributed by atoms with Crippen LogP contribution in [0, 0.1) is 0 Å². The first-order valence-corrected chi connectivity index (χ1v) is 4.80. The highest BCUT2D eigenvalue weighted by molar-refractivity contribution is 5.70. The van der Waals surface area contributed by atoms with E-state index in [1.807, 2.05) is 0 Å². The van der Waals surface area contributed by atoms with E-state index in [0.717, 1.165) is 12.8 Å². The topological polar surface area (TPSA) is 49.8 Å². The Morgan fingerprint density at radius 1 is 1.57 bits per heavy atom. The summed E-state index contributed by atoms with van der Waals surface area (Å²) in [6.45, 7) is 5.93. The molecular formula is C10H17NO3. The summed E-state index contributed by atoms with van der Waals surface area (Å²) in [6, 6.07) is 0. The number of nitrogens with zero attached hydrogens (tertiary/aromatic N) is 1. The van der Waals surface area contributed by atoms with Crippen molar-refractivity contribution in [2.24, 2.45) is 0 Å². The summed E-state index contributed by atoms with van der Waals surface area (Å²) >= 11 is 0. The summed E-state index contributed by atoms with van der Waals surface area (Å²) in [5, 5.41) is 9.42. The molecule has 0 aromatic heterocycles. The molecule has 0 atom stereocenters. The molecule has 1 rings (SSSR count). The molecule has 0 fully saturated rings. The summed E-state index contributed by atoms with van der Waals surface area (Å²) in [7, 11) is 0. The van der Waals surface area contributed by atoms with Crippen molar-refractivity contribution in [3.8, 4) is 0 Å². The number of carbonyl (C=O) groups excluding carboxylic acids is 1. The van der Waals surface area contributed by atoms with E-state index in [9.17, 15) is 9.90 Å². The minimum Gasteiger partial charge on any atom is -0.495 e. The lowest BCUT2D eigenvalue weighted by Crippen LogP contribution is -2.38. The van der Waals surface area contributed by atoms with Crippen molar-refractivity contribution in [1.29, 1.82) is 0 Å². The predicted octanol–water partition coefficient (Wildman–Crippen LogP) is 2.42. The molecule has 4 nitrogen and oxygen atoms in total. The van der Waals surface area contributed by atoms with Crippen molar-refractivity contribution >= 4 is 6.09 Å². The Kier molecular flexibility index (Phi) is 3.03. The summed E-state index contributed by atoms with van der Waals surface area (Å²) in [4.78, 5) is 12.8. The van der Waals surface area contributed by atoms with Crippen LogP contribution in [0.1, 0.15) is 33.6 Å². The van der Waals surface area contributed by atoms with Crippen LogP contribution >= 0.6 is 0 Å². The number of carbonyl (C=O) groups is 1. The van der Waals surface area contributed by atoms with E-state index in [2.05, 4.69) is 0 Å². The van der Waals surface area contributed by atoms with E-state index in [1.165, 1.54) is 4.90 Å². The second-order valence-electron chi connectivity index (χ2n) is 4.34. The van der Waals surface area contributed by atoms with Crippen molar-refractivity contribution in [2.45, 2.75) is 39.2 Å². The largest absolute Gasteiger partial charge is 0.495 e. The minimum atomic E-state index is -0.519. The molecule has 1 aliphatic heterocycles. The third kappa shape index (κ3) is 2.94. The standard InChI is InChI=1S/C10H17NO3/c1-10(2,3)14-9(13)11-7-5-4-6-8(11)12/h6,12H,4-5,7H2,1-3H3. The maximum atomic E-state index is 11.5. The first-order valence-electron chi connectivity index (χ1n) is 4.80. The van der Waals surface area contributed by atoms with Gasteiger partial charge >= 0.3 is 6.09 Å². The Labute approximate surface area is 84.2 Å². The van der Waals surface area contributed by atoms with E-state index < -0.39 is 11.7 Å². The molecule has 0 bridgehead atoms. The van der Waals surface area contributed by atoms with E-state index in [0.29, 0.717) is 6.54 Å². The molecule has 80 valence electrons. The number of allylic oxidation sites excluding steroid dienone is 1. The Morgan fingerprint density at radius 2 is 2.21 bits per heavy atom. The molecule has 1 heterocycles. The highest BCUT2D eigenvalue weighted by atomic mass is 16.6. The molecule has 1 amide bonds. The smallest absolute Gasteiger partial charge is 0.417 e. The van der Waals surface area contributed by atoms with Crippen LogP contribution in [-0.2, 0) is 4.74 Å². The van der Waals surface area contributed by atoms with Gasteiger partial charge < -0.3 is 9.84 Å². The molecule has 0 radical (unpaired) electrons. The van der Waals surface area contributed by atoms with Gasteiger partial charge in [0.15, 0.2) is 5.88 Å². The molecular weight excluding hydrogens is 182 g/mol. The zero-order valence-electron chi connectivity index (χ0n) is 8.91. The molecule has 0 aliphatic carbocycles. The van der Waals surface area contributed by atoms with Gasteiger partial charge in [0.1, 0.15) is 5.60 Å². The normalized spacial score (nSPS) is 17.6. The lowest BCUT2D eigenvalue weighted by molar-refractivity contribution is 0.0211. The zero-order chi connectivity index (χ0) is 10.8. The van der Waals surface area contributed by atoms with Gasteiger partial charge in [0.05, 0.1) is 0 Å². The molecule has 0 aromatic rings. The van der Waals surface area contributed by atoms with Crippen LogP contribution in [0.2, 0.25) is 0 Å². The molecule has 0 spiro atoms. The highest BCUT2D eigenvalue weighted by Gasteiger charge is 2.25. The van der Waals surface area contributed by atoms with Crippen LogP contribution < -0.4 is 0 Å². The maximum absolute atomic E-state index is 11.5. The number of aliphatic hydroxyl groups excluding tert-OH is 1. The number of hydrogen-bond donors (Lipinski definition) is 1. The number of hydrogen-bond acceptors (Lipinski definition) is 3. The fraction of sp³-hybridized carbons (Fsp3) is 0.700. The number of rotatable bonds is 0. The minimum absolute atomic E-state index is 0.00509. The van der Waals surface area contributed by atoms with Crippen LogP contribution in [0.25, 0.3) is 0 Å². The first kappa shape index (κ1) is 10.9. The Hall–Kier alpha value is -1.19. The Bertz CT molecular complexity index is 253. The lowest BCUT2D eigenvalue weighted by Gasteiger charge is -2.28. The van der Waals surface area contributed by atoms with Crippen LogP contribution in [0.5, 0.6) is 0 Å². The second-order valence-corrected chi connectivity index (χ2v) is 4.34. The third-order valence-corrected chi connectivity index (χ3v) is 1.80.